The lowest BCUT2D eigenvalue weighted by Crippen LogP contribution is -2.44. The first-order valence-corrected chi connectivity index (χ1v) is 11.0. The number of rotatable bonds is 6. The highest BCUT2D eigenvalue weighted by Crippen LogP contribution is 2.41. The van der Waals surface area contributed by atoms with Crippen LogP contribution < -0.4 is 5.32 Å². The number of hydrogen-bond acceptors (Lipinski definition) is 4. The summed E-state index contributed by atoms with van der Waals surface area (Å²) in [6.45, 7) is 4.55. The topological polar surface area (TPSA) is 59.8 Å². The minimum absolute atomic E-state index is 0.0986. The highest BCUT2D eigenvalue weighted by molar-refractivity contribution is 7.99. The fraction of sp³-hybridized carbons (Fsp3) is 0.571. The number of benzene rings is 1. The maximum atomic E-state index is 12.5. The van der Waals surface area contributed by atoms with Gasteiger partial charge in [-0.2, -0.15) is 0 Å². The van der Waals surface area contributed by atoms with Gasteiger partial charge in [0.2, 0.25) is 5.91 Å². The lowest BCUT2D eigenvalue weighted by atomic mass is 9.78. The molecule has 2 aliphatic carbocycles. The van der Waals surface area contributed by atoms with E-state index in [1.54, 1.807) is 0 Å². The van der Waals surface area contributed by atoms with Gasteiger partial charge in [-0.05, 0) is 43.2 Å². The van der Waals surface area contributed by atoms with Crippen molar-refractivity contribution >= 4 is 17.7 Å². The number of nitrogens with zero attached hydrogens (tertiary/aromatic N) is 3. The van der Waals surface area contributed by atoms with Crippen LogP contribution in [0.2, 0.25) is 0 Å². The third-order valence-corrected chi connectivity index (χ3v) is 6.93. The van der Waals surface area contributed by atoms with Crippen LogP contribution in [0, 0.1) is 11.8 Å². The summed E-state index contributed by atoms with van der Waals surface area (Å²) < 4.78 is 2.13. The predicted molar refractivity (Wildman–Crippen MR) is 108 cm³/mol. The summed E-state index contributed by atoms with van der Waals surface area (Å²) in [6.07, 6.45) is 5.92. The van der Waals surface area contributed by atoms with Gasteiger partial charge in [-0.1, -0.05) is 56.7 Å². The van der Waals surface area contributed by atoms with Crippen molar-refractivity contribution in [3.8, 4) is 5.69 Å². The van der Waals surface area contributed by atoms with Gasteiger partial charge in [-0.3, -0.25) is 9.36 Å². The number of amides is 1. The van der Waals surface area contributed by atoms with E-state index in [0.29, 0.717) is 29.5 Å². The lowest BCUT2D eigenvalue weighted by Gasteiger charge is -2.34. The van der Waals surface area contributed by atoms with E-state index in [9.17, 15) is 4.79 Å². The summed E-state index contributed by atoms with van der Waals surface area (Å²) in [7, 11) is 0. The summed E-state index contributed by atoms with van der Waals surface area (Å²) in [5, 5.41) is 12.9. The maximum absolute atomic E-state index is 12.5. The van der Waals surface area contributed by atoms with E-state index in [0.717, 1.165) is 23.1 Å². The Morgan fingerprint density at radius 2 is 1.93 bits per heavy atom. The largest absolute Gasteiger partial charge is 0.352 e. The zero-order valence-electron chi connectivity index (χ0n) is 16.1. The molecule has 1 aromatic heterocycles. The smallest absolute Gasteiger partial charge is 0.230 e. The minimum Gasteiger partial charge on any atom is -0.352 e. The van der Waals surface area contributed by atoms with Crippen LogP contribution in [0.15, 0.2) is 35.5 Å². The summed E-state index contributed by atoms with van der Waals surface area (Å²) in [6, 6.07) is 10.5. The van der Waals surface area contributed by atoms with Crippen LogP contribution in [0.5, 0.6) is 0 Å². The molecule has 5 nitrogen and oxygen atoms in total. The molecular formula is C21H28N4OS. The van der Waals surface area contributed by atoms with Crippen molar-refractivity contribution < 1.29 is 4.79 Å². The molecule has 2 saturated carbocycles. The number of nitrogens with one attached hydrogen (secondary N) is 1. The Morgan fingerprint density at radius 3 is 2.67 bits per heavy atom. The van der Waals surface area contributed by atoms with Crippen molar-refractivity contribution in [2.75, 3.05) is 5.75 Å². The van der Waals surface area contributed by atoms with Crippen molar-refractivity contribution in [2.45, 2.75) is 63.1 Å². The van der Waals surface area contributed by atoms with E-state index in [4.69, 9.17) is 0 Å². The molecule has 1 heterocycles. The first kappa shape index (κ1) is 18.5. The molecule has 1 amide bonds. The monoisotopic (exact) mass is 384 g/mol. The molecule has 1 N–H and O–H groups in total. The molecule has 0 radical (unpaired) electrons. The van der Waals surface area contributed by atoms with Crippen molar-refractivity contribution in [2.24, 2.45) is 11.8 Å². The third kappa shape index (κ3) is 4.21. The number of thioether (sulfide) groups is 1. The molecule has 144 valence electrons. The molecular weight excluding hydrogens is 356 g/mol. The number of carbonyl (C=O) groups excluding carboxylic acids is 1. The van der Waals surface area contributed by atoms with E-state index in [2.05, 4.69) is 46.1 Å². The van der Waals surface area contributed by atoms with E-state index in [1.807, 2.05) is 18.2 Å². The Bertz CT molecular complexity index is 787. The Hall–Kier alpha value is -1.82. The second kappa shape index (κ2) is 8.05. The van der Waals surface area contributed by atoms with Crippen LogP contribution in [-0.2, 0) is 4.79 Å². The molecule has 0 saturated heterocycles. The van der Waals surface area contributed by atoms with Crippen LogP contribution in [0.1, 0.15) is 57.7 Å². The van der Waals surface area contributed by atoms with Crippen molar-refractivity contribution in [1.29, 1.82) is 0 Å². The van der Waals surface area contributed by atoms with E-state index in [1.165, 1.54) is 37.4 Å². The quantitative estimate of drug-likeness (QED) is 0.759. The Balaban J connectivity index is 1.43. The van der Waals surface area contributed by atoms with Crippen LogP contribution in [-0.4, -0.2) is 32.5 Å². The number of hydrogen-bond donors (Lipinski definition) is 1. The standard InChI is InChI=1S/C21H28N4OS/c1-14-7-6-10-18(15(14)2)22-19(26)13-27-21-24-23-20(16-11-12-16)25(21)17-8-4-3-5-9-17/h3-5,8-9,14-16,18H,6-7,10-13H2,1-2H3,(H,22,26). The Labute approximate surface area is 165 Å². The fourth-order valence-corrected chi connectivity index (χ4v) is 4.73. The molecule has 0 aliphatic heterocycles. The average molecular weight is 385 g/mol. The molecule has 6 heteroatoms. The molecule has 3 atom stereocenters. The molecule has 1 aromatic carbocycles. The molecule has 3 unspecified atom stereocenters. The van der Waals surface area contributed by atoms with Gasteiger partial charge < -0.3 is 5.32 Å². The van der Waals surface area contributed by atoms with E-state index >= 15 is 0 Å². The van der Waals surface area contributed by atoms with Crippen molar-refractivity contribution in [3.05, 3.63) is 36.2 Å². The summed E-state index contributed by atoms with van der Waals surface area (Å²) >= 11 is 1.48. The normalized spacial score (nSPS) is 25.3. The van der Waals surface area contributed by atoms with Crippen LogP contribution in [0.4, 0.5) is 0 Å². The molecule has 0 bridgehead atoms. The molecule has 2 fully saturated rings. The van der Waals surface area contributed by atoms with Gasteiger partial charge in [0.1, 0.15) is 5.82 Å². The molecule has 4 rings (SSSR count). The minimum atomic E-state index is 0.0986. The van der Waals surface area contributed by atoms with Gasteiger partial charge in [0.05, 0.1) is 5.75 Å². The van der Waals surface area contributed by atoms with Crippen molar-refractivity contribution in [1.82, 2.24) is 20.1 Å². The average Bonchev–Trinajstić information content (AvgIpc) is 3.44. The molecule has 2 aromatic rings. The maximum Gasteiger partial charge on any atom is 0.230 e. The zero-order chi connectivity index (χ0) is 18.8. The Kier molecular flexibility index (Phi) is 5.53. The lowest BCUT2D eigenvalue weighted by molar-refractivity contribution is -0.120. The number of para-hydroxylation sites is 1. The number of carbonyl (C=O) groups is 1. The molecule has 0 spiro atoms. The first-order valence-electron chi connectivity index (χ1n) is 10.1. The van der Waals surface area contributed by atoms with E-state index in [-0.39, 0.29) is 5.91 Å². The SMILES string of the molecule is CC1CCCC(NC(=O)CSc2nnc(C3CC3)n2-c2ccccc2)C1C. The van der Waals surface area contributed by atoms with Crippen LogP contribution >= 0.6 is 11.8 Å². The highest BCUT2D eigenvalue weighted by atomic mass is 32.2. The second-order valence-electron chi connectivity index (χ2n) is 8.02. The molecule has 2 aliphatic rings. The molecule has 27 heavy (non-hydrogen) atoms. The van der Waals surface area contributed by atoms with Gasteiger partial charge >= 0.3 is 0 Å². The predicted octanol–water partition coefficient (Wildman–Crippen LogP) is 4.18. The fourth-order valence-electron chi connectivity index (χ4n) is 3.96. The van der Waals surface area contributed by atoms with Crippen LogP contribution in [0.25, 0.3) is 5.69 Å². The van der Waals surface area contributed by atoms with Gasteiger partial charge in [0, 0.05) is 17.6 Å². The van der Waals surface area contributed by atoms with Gasteiger partial charge in [0.25, 0.3) is 0 Å². The highest BCUT2D eigenvalue weighted by Gasteiger charge is 2.31. The third-order valence-electron chi connectivity index (χ3n) is 6.00. The van der Waals surface area contributed by atoms with Gasteiger partial charge in [0.15, 0.2) is 5.16 Å². The van der Waals surface area contributed by atoms with Gasteiger partial charge in [-0.25, -0.2) is 0 Å². The Morgan fingerprint density at radius 1 is 1.15 bits per heavy atom. The zero-order valence-corrected chi connectivity index (χ0v) is 16.9. The van der Waals surface area contributed by atoms with Gasteiger partial charge in [-0.15, -0.1) is 10.2 Å². The number of aromatic nitrogens is 3. The van der Waals surface area contributed by atoms with E-state index < -0.39 is 0 Å². The summed E-state index contributed by atoms with van der Waals surface area (Å²) in [5.41, 5.74) is 1.07. The summed E-state index contributed by atoms with van der Waals surface area (Å²) in [4.78, 5) is 12.5. The van der Waals surface area contributed by atoms with Crippen molar-refractivity contribution in [3.63, 3.8) is 0 Å². The second-order valence-corrected chi connectivity index (χ2v) is 8.96. The first-order chi connectivity index (χ1) is 13.1. The van der Waals surface area contributed by atoms with Crippen LogP contribution in [0.3, 0.4) is 0 Å². The summed E-state index contributed by atoms with van der Waals surface area (Å²) in [5.74, 6) is 3.24.